The number of hydrogen-bond donors (Lipinski definition) is 1. The number of ether oxygens (including phenoxy) is 3. The Morgan fingerprint density at radius 3 is 2.31 bits per heavy atom. The van der Waals surface area contributed by atoms with E-state index >= 15 is 0 Å². The minimum absolute atomic E-state index is 0.0983. The smallest absolute Gasteiger partial charge is 0.259 e. The summed E-state index contributed by atoms with van der Waals surface area (Å²) in [5.41, 5.74) is 5.63. The molecule has 0 atom stereocenters. The van der Waals surface area contributed by atoms with E-state index in [1.165, 1.54) is 17.7 Å². The third-order valence-corrected chi connectivity index (χ3v) is 7.74. The highest BCUT2D eigenvalue weighted by atomic mass is 32.1. The van der Waals surface area contributed by atoms with Crippen LogP contribution in [0.15, 0.2) is 35.3 Å². The fraction of sp³-hybridized carbons (Fsp3) is 0.379. The summed E-state index contributed by atoms with van der Waals surface area (Å²) >= 11 is 1.63. The van der Waals surface area contributed by atoms with E-state index in [0.717, 1.165) is 58.6 Å². The molecule has 190 valence electrons. The highest BCUT2D eigenvalue weighted by molar-refractivity contribution is 7.16. The summed E-state index contributed by atoms with van der Waals surface area (Å²) in [5.74, 6) is 1.55. The molecule has 1 N–H and O–H groups in total. The summed E-state index contributed by atoms with van der Waals surface area (Å²) < 4.78 is 16.4. The van der Waals surface area contributed by atoms with Gasteiger partial charge < -0.3 is 19.5 Å². The molecular weight excluding hydrogens is 472 g/mol. The zero-order valence-corrected chi connectivity index (χ0v) is 22.5. The zero-order valence-electron chi connectivity index (χ0n) is 21.7. The van der Waals surface area contributed by atoms with E-state index in [0.29, 0.717) is 22.8 Å². The molecule has 0 saturated carbocycles. The summed E-state index contributed by atoms with van der Waals surface area (Å²) in [6, 6.07) is 9.81. The molecule has 36 heavy (non-hydrogen) atoms. The third kappa shape index (κ3) is 5.57. The van der Waals surface area contributed by atoms with E-state index in [2.05, 4.69) is 11.4 Å². The van der Waals surface area contributed by atoms with Crippen LogP contribution in [0.4, 0.5) is 10.7 Å². The molecule has 0 aliphatic heterocycles. The number of carbonyl (C=O) groups is 1. The van der Waals surface area contributed by atoms with E-state index in [1.807, 2.05) is 38.1 Å². The fourth-order valence-corrected chi connectivity index (χ4v) is 5.82. The average molecular weight is 507 g/mol. The Morgan fingerprint density at radius 2 is 1.64 bits per heavy atom. The van der Waals surface area contributed by atoms with Crippen molar-refractivity contribution in [3.63, 3.8) is 0 Å². The normalized spacial score (nSPS) is 13.6. The Kier molecular flexibility index (Phi) is 8.31. The number of anilines is 1. The second-order valence-electron chi connectivity index (χ2n) is 9.09. The monoisotopic (exact) mass is 506 g/mol. The third-order valence-electron chi connectivity index (χ3n) is 6.54. The maximum absolute atomic E-state index is 13.7. The van der Waals surface area contributed by atoms with Crippen molar-refractivity contribution in [3.05, 3.63) is 63.0 Å². The number of nitrogens with zero attached hydrogens (tertiary/aromatic N) is 1. The van der Waals surface area contributed by atoms with Crippen LogP contribution in [0.3, 0.4) is 0 Å². The highest BCUT2D eigenvalue weighted by Gasteiger charge is 2.24. The van der Waals surface area contributed by atoms with Crippen LogP contribution in [-0.2, 0) is 12.8 Å². The lowest BCUT2D eigenvalue weighted by Crippen LogP contribution is -2.15. The summed E-state index contributed by atoms with van der Waals surface area (Å²) in [7, 11) is 4.76. The van der Waals surface area contributed by atoms with E-state index in [1.54, 1.807) is 38.9 Å². The van der Waals surface area contributed by atoms with E-state index in [4.69, 9.17) is 19.2 Å². The molecule has 0 fully saturated rings. The van der Waals surface area contributed by atoms with E-state index < -0.39 is 0 Å². The van der Waals surface area contributed by atoms with Crippen molar-refractivity contribution in [2.75, 3.05) is 26.6 Å². The number of thiophene rings is 1. The molecule has 7 heteroatoms. The van der Waals surface area contributed by atoms with Crippen molar-refractivity contribution < 1.29 is 19.0 Å². The van der Waals surface area contributed by atoms with Gasteiger partial charge in [0.25, 0.3) is 5.91 Å². The van der Waals surface area contributed by atoms with Crippen molar-refractivity contribution >= 4 is 34.1 Å². The van der Waals surface area contributed by atoms with Gasteiger partial charge in [0, 0.05) is 22.3 Å². The Labute approximate surface area is 217 Å². The minimum Gasteiger partial charge on any atom is -0.493 e. The maximum atomic E-state index is 13.7. The van der Waals surface area contributed by atoms with Crippen LogP contribution in [0, 0.1) is 13.8 Å². The number of nitrogens with one attached hydrogen (secondary N) is 1. The van der Waals surface area contributed by atoms with Crippen molar-refractivity contribution in [2.24, 2.45) is 4.99 Å². The number of amides is 1. The van der Waals surface area contributed by atoms with Crippen LogP contribution in [-0.4, -0.2) is 33.5 Å². The Bertz CT molecular complexity index is 1250. The maximum Gasteiger partial charge on any atom is 0.259 e. The summed E-state index contributed by atoms with van der Waals surface area (Å²) in [5, 5.41) is 3.90. The predicted molar refractivity (Wildman–Crippen MR) is 147 cm³/mol. The van der Waals surface area contributed by atoms with Gasteiger partial charge in [0.1, 0.15) is 5.00 Å². The number of aliphatic imine (C=N–C) groups is 1. The Balaban J connectivity index is 1.75. The molecular formula is C29H34N2O4S. The van der Waals surface area contributed by atoms with Crippen LogP contribution in [0.25, 0.3) is 0 Å². The number of aryl methyl sites for hydroxylation is 3. The first kappa shape index (κ1) is 25.8. The van der Waals surface area contributed by atoms with Gasteiger partial charge in [-0.3, -0.25) is 4.79 Å². The van der Waals surface area contributed by atoms with Crippen molar-refractivity contribution in [1.29, 1.82) is 0 Å². The van der Waals surface area contributed by atoms with Crippen LogP contribution in [0.2, 0.25) is 0 Å². The number of hydrogen-bond acceptors (Lipinski definition) is 6. The quantitative estimate of drug-likeness (QED) is 0.349. The molecule has 0 unspecified atom stereocenters. The van der Waals surface area contributed by atoms with Gasteiger partial charge in [-0.15, -0.1) is 11.3 Å². The van der Waals surface area contributed by atoms with Gasteiger partial charge in [0.05, 0.1) is 26.9 Å². The fourth-order valence-electron chi connectivity index (χ4n) is 4.59. The molecule has 3 aromatic rings. The lowest BCUT2D eigenvalue weighted by atomic mass is 9.96. The molecule has 0 radical (unpaired) electrons. The summed E-state index contributed by atoms with van der Waals surface area (Å²) in [6.45, 7) is 4.04. The molecule has 0 spiro atoms. The van der Waals surface area contributed by atoms with Gasteiger partial charge in [-0.2, -0.15) is 0 Å². The zero-order chi connectivity index (χ0) is 25.7. The molecule has 1 aliphatic carbocycles. The van der Waals surface area contributed by atoms with Gasteiger partial charge in [-0.1, -0.05) is 25.0 Å². The molecule has 0 bridgehead atoms. The highest BCUT2D eigenvalue weighted by Crippen LogP contribution is 2.41. The number of benzene rings is 2. The Morgan fingerprint density at radius 1 is 0.944 bits per heavy atom. The average Bonchev–Trinajstić information content (AvgIpc) is 3.20. The largest absolute Gasteiger partial charge is 0.493 e. The molecule has 0 saturated heterocycles. The number of rotatable bonds is 7. The lowest BCUT2D eigenvalue weighted by molar-refractivity contribution is 0.102. The van der Waals surface area contributed by atoms with Crippen molar-refractivity contribution in [3.8, 4) is 17.2 Å². The lowest BCUT2D eigenvalue weighted by Gasteiger charge is -2.13. The molecule has 1 aliphatic rings. The van der Waals surface area contributed by atoms with Gasteiger partial charge in [0.15, 0.2) is 11.5 Å². The molecule has 1 aromatic heterocycles. The molecule has 1 amide bonds. The number of methoxy groups -OCH3 is 3. The first-order valence-electron chi connectivity index (χ1n) is 12.3. The topological polar surface area (TPSA) is 69.2 Å². The van der Waals surface area contributed by atoms with Gasteiger partial charge in [0.2, 0.25) is 5.75 Å². The Hall–Kier alpha value is -3.32. The summed E-state index contributed by atoms with van der Waals surface area (Å²) in [6.07, 6.45) is 8.30. The summed E-state index contributed by atoms with van der Waals surface area (Å²) in [4.78, 5) is 19.8. The minimum atomic E-state index is -0.0983. The first-order valence-corrected chi connectivity index (χ1v) is 13.1. The number of carbonyl (C=O) groups excluding carboxylic acids is 1. The molecule has 2 aromatic carbocycles. The van der Waals surface area contributed by atoms with Crippen LogP contribution >= 0.6 is 11.3 Å². The van der Waals surface area contributed by atoms with Crippen LogP contribution < -0.4 is 19.5 Å². The van der Waals surface area contributed by atoms with E-state index in [-0.39, 0.29) is 5.91 Å². The van der Waals surface area contributed by atoms with Crippen molar-refractivity contribution in [1.82, 2.24) is 0 Å². The molecule has 1 heterocycles. The van der Waals surface area contributed by atoms with Gasteiger partial charge in [-0.25, -0.2) is 4.99 Å². The molecule has 6 nitrogen and oxygen atoms in total. The van der Waals surface area contributed by atoms with Crippen molar-refractivity contribution in [2.45, 2.75) is 52.4 Å². The van der Waals surface area contributed by atoms with E-state index in [9.17, 15) is 4.79 Å². The van der Waals surface area contributed by atoms with Crippen LogP contribution in [0.5, 0.6) is 17.2 Å². The van der Waals surface area contributed by atoms with Gasteiger partial charge in [-0.05, 0) is 74.4 Å². The SMILES string of the molecule is COc1cc(C=Nc2sc3c(c2C(=O)Nc2cc(C)ccc2C)CCCCCC3)cc(OC)c1OC. The van der Waals surface area contributed by atoms with Crippen LogP contribution in [0.1, 0.15) is 63.2 Å². The molecule has 4 rings (SSSR count). The standard InChI is InChI=1S/C29H34N2O4S/c1-18-12-13-19(2)22(14-18)31-28(32)26-21-10-8-6-7-9-11-25(21)36-29(26)30-17-20-15-23(33-3)27(35-5)24(16-20)34-4/h12-17H,6-11H2,1-5H3,(H,31,32). The van der Waals surface area contributed by atoms with Gasteiger partial charge >= 0.3 is 0 Å². The first-order chi connectivity index (χ1) is 17.4. The predicted octanol–water partition coefficient (Wildman–Crippen LogP) is 7.05. The number of fused-ring (bicyclic) bond motifs is 1. The second-order valence-corrected chi connectivity index (χ2v) is 10.2. The second kappa shape index (κ2) is 11.6.